The molecule has 0 N–H and O–H groups in total. The molecule has 4 rings (SSSR count). The number of anilines is 1. The molecule has 1 aliphatic heterocycles. The third kappa shape index (κ3) is 2.70. The molecule has 0 aliphatic carbocycles. The molecule has 0 radical (unpaired) electrons. The predicted octanol–water partition coefficient (Wildman–Crippen LogP) is 4.97. The predicted molar refractivity (Wildman–Crippen MR) is 108 cm³/mol. The second-order valence-electron chi connectivity index (χ2n) is 7.26. The van der Waals surface area contributed by atoms with E-state index < -0.39 is 0 Å². The van der Waals surface area contributed by atoms with E-state index in [0.717, 1.165) is 23.4 Å². The van der Waals surface area contributed by atoms with Crippen LogP contribution in [-0.4, -0.2) is 26.6 Å². The topological polar surface area (TPSA) is 34.0 Å². The first-order chi connectivity index (χ1) is 12.6. The minimum absolute atomic E-state index is 0.359. The fourth-order valence-corrected chi connectivity index (χ4v) is 3.93. The van der Waals surface area contributed by atoms with Crippen molar-refractivity contribution in [3.05, 3.63) is 60.2 Å². The summed E-state index contributed by atoms with van der Waals surface area (Å²) in [6, 6.07) is 7.35. The van der Waals surface area contributed by atoms with Gasteiger partial charge in [0.2, 0.25) is 0 Å². The van der Waals surface area contributed by atoms with Gasteiger partial charge in [-0.05, 0) is 38.3 Å². The molecule has 26 heavy (non-hydrogen) atoms. The van der Waals surface area contributed by atoms with Crippen molar-refractivity contribution in [3.63, 3.8) is 0 Å². The van der Waals surface area contributed by atoms with Crippen LogP contribution in [0.2, 0.25) is 0 Å². The Morgan fingerprint density at radius 2 is 2.00 bits per heavy atom. The molecule has 3 heterocycles. The molecule has 2 unspecified atom stereocenters. The van der Waals surface area contributed by atoms with Gasteiger partial charge in [-0.3, -0.25) is 0 Å². The Morgan fingerprint density at radius 3 is 2.73 bits per heavy atom. The first-order valence-corrected chi connectivity index (χ1v) is 9.46. The van der Waals surface area contributed by atoms with Gasteiger partial charge in [0.25, 0.3) is 0 Å². The summed E-state index contributed by atoms with van der Waals surface area (Å²) in [6.07, 6.45) is 12.6. The second kappa shape index (κ2) is 6.60. The number of imidazole rings is 1. The van der Waals surface area contributed by atoms with Gasteiger partial charge in [0.1, 0.15) is 5.82 Å². The average molecular weight is 346 g/mol. The monoisotopic (exact) mass is 346 g/mol. The Labute approximate surface area is 155 Å². The van der Waals surface area contributed by atoms with Crippen molar-refractivity contribution in [2.45, 2.75) is 52.6 Å². The molecule has 134 valence electrons. The first kappa shape index (κ1) is 16.8. The Kier molecular flexibility index (Phi) is 4.27. The molecule has 2 atom stereocenters. The van der Waals surface area contributed by atoms with E-state index >= 15 is 0 Å². The maximum atomic E-state index is 5.12. The summed E-state index contributed by atoms with van der Waals surface area (Å²) >= 11 is 0. The molecular weight excluding hydrogens is 320 g/mol. The molecule has 0 fully saturated rings. The van der Waals surface area contributed by atoms with Crippen molar-refractivity contribution < 1.29 is 0 Å². The molecule has 0 saturated carbocycles. The average Bonchev–Trinajstić information content (AvgIpc) is 3.28. The quantitative estimate of drug-likeness (QED) is 0.625. The Morgan fingerprint density at radius 1 is 1.15 bits per heavy atom. The zero-order valence-electron chi connectivity index (χ0n) is 16.0. The van der Waals surface area contributed by atoms with Crippen LogP contribution in [0.5, 0.6) is 0 Å². The Balaban J connectivity index is 1.95. The number of nitrogens with zero attached hydrogens (tertiary/aromatic N) is 4. The van der Waals surface area contributed by atoms with E-state index in [1.54, 1.807) is 0 Å². The standard InChI is InChI=1S/C22H26N4/c1-5-6-18-9-8-16(3)26(18)21-13-20(25-12-11-23-14-25)19-10-7-15(2)17(4)22(19)24-21/h7-14,16,18H,5-6H2,1-4H3. The van der Waals surface area contributed by atoms with E-state index in [1.807, 2.05) is 18.7 Å². The minimum atomic E-state index is 0.359. The zero-order valence-corrected chi connectivity index (χ0v) is 16.0. The number of fused-ring (bicyclic) bond motifs is 1. The lowest BCUT2D eigenvalue weighted by Crippen LogP contribution is -2.36. The highest BCUT2D eigenvalue weighted by Gasteiger charge is 2.27. The van der Waals surface area contributed by atoms with Crippen LogP contribution in [0.25, 0.3) is 16.6 Å². The van der Waals surface area contributed by atoms with Crippen molar-refractivity contribution in [1.82, 2.24) is 14.5 Å². The number of hydrogen-bond donors (Lipinski definition) is 0. The van der Waals surface area contributed by atoms with Gasteiger partial charge in [-0.2, -0.15) is 0 Å². The number of benzene rings is 1. The van der Waals surface area contributed by atoms with Crippen LogP contribution < -0.4 is 4.90 Å². The third-order valence-electron chi connectivity index (χ3n) is 5.51. The van der Waals surface area contributed by atoms with Gasteiger partial charge in [0.15, 0.2) is 0 Å². The SMILES string of the molecule is CCCC1C=CC(C)N1c1cc(-n2ccnc2)c2ccc(C)c(C)c2n1. The van der Waals surface area contributed by atoms with E-state index in [4.69, 9.17) is 4.98 Å². The minimum Gasteiger partial charge on any atom is -0.344 e. The fourth-order valence-electron chi connectivity index (χ4n) is 3.93. The molecular formula is C22H26N4. The zero-order chi connectivity index (χ0) is 18.3. The molecule has 0 spiro atoms. The molecule has 4 nitrogen and oxygen atoms in total. The number of pyridine rings is 1. The largest absolute Gasteiger partial charge is 0.344 e. The van der Waals surface area contributed by atoms with E-state index in [9.17, 15) is 0 Å². The molecule has 1 aliphatic rings. The molecule has 1 aromatic carbocycles. The Bertz CT molecular complexity index is 956. The van der Waals surface area contributed by atoms with E-state index in [-0.39, 0.29) is 0 Å². The fraction of sp³-hybridized carbons (Fsp3) is 0.364. The van der Waals surface area contributed by atoms with Crippen molar-refractivity contribution in [2.24, 2.45) is 0 Å². The van der Waals surface area contributed by atoms with Gasteiger partial charge in [0.05, 0.1) is 17.5 Å². The van der Waals surface area contributed by atoms with Crippen LogP contribution in [0.15, 0.2) is 49.1 Å². The normalized spacial score (nSPS) is 19.6. The maximum Gasteiger partial charge on any atom is 0.132 e. The number of aryl methyl sites for hydroxylation is 2. The van der Waals surface area contributed by atoms with Crippen LogP contribution in [-0.2, 0) is 0 Å². The van der Waals surface area contributed by atoms with Crippen molar-refractivity contribution >= 4 is 16.7 Å². The van der Waals surface area contributed by atoms with Crippen LogP contribution >= 0.6 is 0 Å². The highest BCUT2D eigenvalue weighted by atomic mass is 15.2. The summed E-state index contributed by atoms with van der Waals surface area (Å²) in [5, 5.41) is 1.17. The van der Waals surface area contributed by atoms with Gasteiger partial charge in [-0.25, -0.2) is 9.97 Å². The summed E-state index contributed by atoms with van der Waals surface area (Å²) in [4.78, 5) is 11.8. The van der Waals surface area contributed by atoms with Gasteiger partial charge in [0, 0.05) is 35.9 Å². The van der Waals surface area contributed by atoms with Crippen LogP contribution in [0, 0.1) is 13.8 Å². The number of hydrogen-bond acceptors (Lipinski definition) is 3. The van der Waals surface area contributed by atoms with E-state index in [1.165, 1.54) is 22.9 Å². The maximum absolute atomic E-state index is 5.12. The summed E-state index contributed by atoms with van der Waals surface area (Å²) in [5.41, 5.74) is 4.74. The highest BCUT2D eigenvalue weighted by molar-refractivity contribution is 5.92. The van der Waals surface area contributed by atoms with Gasteiger partial charge < -0.3 is 9.47 Å². The van der Waals surface area contributed by atoms with Gasteiger partial charge in [-0.1, -0.05) is 37.6 Å². The Hall–Kier alpha value is -2.62. The lowest BCUT2D eigenvalue weighted by molar-refractivity contribution is 0.623. The first-order valence-electron chi connectivity index (χ1n) is 9.46. The summed E-state index contributed by atoms with van der Waals surface area (Å²) in [6.45, 7) is 8.81. The van der Waals surface area contributed by atoms with Gasteiger partial charge >= 0.3 is 0 Å². The second-order valence-corrected chi connectivity index (χ2v) is 7.26. The lowest BCUT2D eigenvalue weighted by atomic mass is 10.0. The number of aromatic nitrogens is 3. The molecule has 0 saturated heterocycles. The van der Waals surface area contributed by atoms with Crippen LogP contribution in [0.1, 0.15) is 37.8 Å². The van der Waals surface area contributed by atoms with Crippen molar-refractivity contribution in [2.75, 3.05) is 4.90 Å². The summed E-state index contributed by atoms with van der Waals surface area (Å²) in [7, 11) is 0. The summed E-state index contributed by atoms with van der Waals surface area (Å²) in [5.74, 6) is 1.05. The van der Waals surface area contributed by atoms with Gasteiger partial charge in [-0.15, -0.1) is 0 Å². The van der Waals surface area contributed by atoms with E-state index in [2.05, 4.69) is 72.5 Å². The van der Waals surface area contributed by atoms with Crippen molar-refractivity contribution in [3.8, 4) is 5.69 Å². The molecule has 0 amide bonds. The highest BCUT2D eigenvalue weighted by Crippen LogP contribution is 2.33. The van der Waals surface area contributed by atoms with Crippen LogP contribution in [0.3, 0.4) is 0 Å². The summed E-state index contributed by atoms with van der Waals surface area (Å²) < 4.78 is 2.09. The molecule has 2 aromatic heterocycles. The number of rotatable bonds is 4. The third-order valence-corrected chi connectivity index (χ3v) is 5.51. The van der Waals surface area contributed by atoms with Crippen molar-refractivity contribution in [1.29, 1.82) is 0 Å². The van der Waals surface area contributed by atoms with E-state index in [0.29, 0.717) is 12.1 Å². The molecule has 4 heteroatoms. The lowest BCUT2D eigenvalue weighted by Gasteiger charge is -2.31. The van der Waals surface area contributed by atoms with Crippen LogP contribution in [0.4, 0.5) is 5.82 Å². The smallest absolute Gasteiger partial charge is 0.132 e. The molecule has 0 bridgehead atoms. The molecule has 3 aromatic rings.